The van der Waals surface area contributed by atoms with Crippen molar-refractivity contribution < 1.29 is 4.79 Å². The summed E-state index contributed by atoms with van der Waals surface area (Å²) in [6, 6.07) is 4.06. The highest BCUT2D eigenvalue weighted by Crippen LogP contribution is 2.17. The lowest BCUT2D eigenvalue weighted by Gasteiger charge is -2.16. The molecule has 5 nitrogen and oxygen atoms in total. The number of hydrogen-bond acceptors (Lipinski definition) is 4. The van der Waals surface area contributed by atoms with Gasteiger partial charge in [-0.1, -0.05) is 25.7 Å². The first-order valence-electron chi connectivity index (χ1n) is 8.80. The zero-order chi connectivity index (χ0) is 16.5. The molecule has 2 N–H and O–H groups in total. The summed E-state index contributed by atoms with van der Waals surface area (Å²) in [4.78, 5) is 18.7. The average Bonchev–Trinajstić information content (AvgIpc) is 2.80. The summed E-state index contributed by atoms with van der Waals surface area (Å²) in [6.07, 6.45) is 10.0. The van der Waals surface area contributed by atoms with Gasteiger partial charge in [-0.2, -0.15) is 0 Å². The lowest BCUT2D eigenvalue weighted by atomic mass is 10.1. The molecule has 1 aromatic rings. The molecule has 128 valence electrons. The second-order valence-corrected chi connectivity index (χ2v) is 6.68. The van der Waals surface area contributed by atoms with Gasteiger partial charge in [0.1, 0.15) is 5.69 Å². The quantitative estimate of drug-likeness (QED) is 0.599. The van der Waals surface area contributed by atoms with Gasteiger partial charge in [-0.25, -0.2) is 4.98 Å². The van der Waals surface area contributed by atoms with Crippen molar-refractivity contribution in [1.82, 2.24) is 15.2 Å². The summed E-state index contributed by atoms with van der Waals surface area (Å²) in [5, 5.41) is 6.47. The van der Waals surface area contributed by atoms with Gasteiger partial charge in [0.25, 0.3) is 5.91 Å². The smallest absolute Gasteiger partial charge is 0.270 e. The van der Waals surface area contributed by atoms with Gasteiger partial charge in [0.2, 0.25) is 0 Å². The number of amides is 1. The lowest BCUT2D eigenvalue weighted by molar-refractivity contribution is 0.0928. The van der Waals surface area contributed by atoms with Crippen molar-refractivity contribution in [2.45, 2.75) is 51.0 Å². The van der Waals surface area contributed by atoms with E-state index in [2.05, 4.69) is 34.6 Å². The maximum absolute atomic E-state index is 12.3. The normalized spacial score (nSPS) is 16.1. The molecule has 0 atom stereocenters. The van der Waals surface area contributed by atoms with Crippen LogP contribution in [0, 0.1) is 0 Å². The van der Waals surface area contributed by atoms with Gasteiger partial charge in [-0.05, 0) is 52.0 Å². The van der Waals surface area contributed by atoms with Crippen molar-refractivity contribution in [3.8, 4) is 0 Å². The van der Waals surface area contributed by atoms with Crippen LogP contribution in [0.1, 0.15) is 55.4 Å². The molecule has 1 fully saturated rings. The SMILES string of the molecule is CN(C)CCCNc1ccc(C(=O)NC2CCCCCC2)nc1. The molecule has 1 saturated carbocycles. The molecule has 0 unspecified atom stereocenters. The standard InChI is InChI=1S/C18H30N4O/c1-22(2)13-7-12-19-16-10-11-17(20-14-16)18(23)21-15-8-5-3-4-6-9-15/h10-11,14-15,19H,3-9,12-13H2,1-2H3,(H,21,23). The second kappa shape index (κ2) is 9.50. The van der Waals surface area contributed by atoms with Crippen LogP contribution in [0.15, 0.2) is 18.3 Å². The molecule has 1 amide bonds. The summed E-state index contributed by atoms with van der Waals surface area (Å²) >= 11 is 0. The van der Waals surface area contributed by atoms with E-state index in [1.165, 1.54) is 25.7 Å². The van der Waals surface area contributed by atoms with Crippen molar-refractivity contribution >= 4 is 11.6 Å². The van der Waals surface area contributed by atoms with Crippen LogP contribution in [0.5, 0.6) is 0 Å². The Morgan fingerprint density at radius 1 is 1.22 bits per heavy atom. The van der Waals surface area contributed by atoms with Gasteiger partial charge in [0.15, 0.2) is 0 Å². The van der Waals surface area contributed by atoms with Crippen LogP contribution in [0.4, 0.5) is 5.69 Å². The largest absolute Gasteiger partial charge is 0.384 e. The minimum absolute atomic E-state index is 0.0453. The third-order valence-corrected chi connectivity index (χ3v) is 4.30. The van der Waals surface area contributed by atoms with E-state index in [9.17, 15) is 4.79 Å². The maximum Gasteiger partial charge on any atom is 0.270 e. The molecule has 0 radical (unpaired) electrons. The Bertz CT molecular complexity index is 464. The molecule has 1 aromatic heterocycles. The average molecular weight is 318 g/mol. The predicted molar refractivity (Wildman–Crippen MR) is 94.9 cm³/mol. The van der Waals surface area contributed by atoms with Gasteiger partial charge in [-0.3, -0.25) is 4.79 Å². The molecule has 1 aliphatic rings. The fourth-order valence-electron chi connectivity index (χ4n) is 2.94. The molecule has 0 saturated heterocycles. The number of carbonyl (C=O) groups excluding carboxylic acids is 1. The van der Waals surface area contributed by atoms with Crippen molar-refractivity contribution in [1.29, 1.82) is 0 Å². The van der Waals surface area contributed by atoms with E-state index in [0.29, 0.717) is 11.7 Å². The monoisotopic (exact) mass is 318 g/mol. The van der Waals surface area contributed by atoms with E-state index >= 15 is 0 Å². The number of rotatable bonds is 7. The summed E-state index contributed by atoms with van der Waals surface area (Å²) in [6.45, 7) is 1.97. The molecule has 0 aromatic carbocycles. The lowest BCUT2D eigenvalue weighted by Crippen LogP contribution is -2.34. The Balaban J connectivity index is 1.77. The minimum atomic E-state index is -0.0453. The topological polar surface area (TPSA) is 57.3 Å². The van der Waals surface area contributed by atoms with Crippen molar-refractivity contribution in [2.24, 2.45) is 0 Å². The third kappa shape index (κ3) is 6.57. The Hall–Kier alpha value is -1.62. The summed E-state index contributed by atoms with van der Waals surface area (Å²) in [7, 11) is 4.15. The fourth-order valence-corrected chi connectivity index (χ4v) is 2.94. The van der Waals surface area contributed by atoms with E-state index in [1.54, 1.807) is 12.3 Å². The van der Waals surface area contributed by atoms with Gasteiger partial charge in [0, 0.05) is 12.6 Å². The van der Waals surface area contributed by atoms with E-state index < -0.39 is 0 Å². The molecular formula is C18H30N4O. The Morgan fingerprint density at radius 2 is 1.96 bits per heavy atom. The van der Waals surface area contributed by atoms with Crippen LogP contribution in [0.3, 0.4) is 0 Å². The first-order valence-corrected chi connectivity index (χ1v) is 8.80. The van der Waals surface area contributed by atoms with Gasteiger partial charge in [-0.15, -0.1) is 0 Å². The highest BCUT2D eigenvalue weighted by molar-refractivity contribution is 5.92. The van der Waals surface area contributed by atoms with Crippen LogP contribution >= 0.6 is 0 Å². The second-order valence-electron chi connectivity index (χ2n) is 6.68. The molecule has 1 heterocycles. The highest BCUT2D eigenvalue weighted by Gasteiger charge is 2.16. The number of carbonyl (C=O) groups is 1. The Kier molecular flexibility index (Phi) is 7.33. The van der Waals surface area contributed by atoms with E-state index in [1.807, 2.05) is 6.07 Å². The highest BCUT2D eigenvalue weighted by atomic mass is 16.1. The maximum atomic E-state index is 12.3. The first kappa shape index (κ1) is 17.7. The van der Waals surface area contributed by atoms with E-state index in [4.69, 9.17) is 0 Å². The number of nitrogens with one attached hydrogen (secondary N) is 2. The van der Waals surface area contributed by atoms with Crippen LogP contribution in [0.2, 0.25) is 0 Å². The molecule has 2 rings (SSSR count). The molecule has 5 heteroatoms. The molecule has 0 bridgehead atoms. The van der Waals surface area contributed by atoms with Gasteiger partial charge >= 0.3 is 0 Å². The number of nitrogens with zero attached hydrogens (tertiary/aromatic N) is 2. The number of anilines is 1. The minimum Gasteiger partial charge on any atom is -0.384 e. The summed E-state index contributed by atoms with van der Waals surface area (Å²) in [5.74, 6) is -0.0453. The van der Waals surface area contributed by atoms with Crippen molar-refractivity contribution in [2.75, 3.05) is 32.5 Å². The van der Waals surface area contributed by atoms with Crippen LogP contribution in [0.25, 0.3) is 0 Å². The van der Waals surface area contributed by atoms with E-state index in [0.717, 1.165) is 38.0 Å². The fraction of sp³-hybridized carbons (Fsp3) is 0.667. The number of pyridine rings is 1. The number of aromatic nitrogens is 1. The van der Waals surface area contributed by atoms with Crippen LogP contribution in [-0.4, -0.2) is 49.0 Å². The van der Waals surface area contributed by atoms with Crippen LogP contribution in [-0.2, 0) is 0 Å². The molecular weight excluding hydrogens is 288 g/mol. The van der Waals surface area contributed by atoms with Gasteiger partial charge in [0.05, 0.1) is 11.9 Å². The Morgan fingerprint density at radius 3 is 2.57 bits per heavy atom. The van der Waals surface area contributed by atoms with Crippen LogP contribution < -0.4 is 10.6 Å². The molecule has 23 heavy (non-hydrogen) atoms. The zero-order valence-corrected chi connectivity index (χ0v) is 14.5. The molecule has 0 aliphatic heterocycles. The van der Waals surface area contributed by atoms with Crippen molar-refractivity contribution in [3.63, 3.8) is 0 Å². The Labute approximate surface area is 139 Å². The summed E-state index contributed by atoms with van der Waals surface area (Å²) < 4.78 is 0. The third-order valence-electron chi connectivity index (χ3n) is 4.30. The first-order chi connectivity index (χ1) is 11.1. The molecule has 0 spiro atoms. The molecule has 1 aliphatic carbocycles. The zero-order valence-electron chi connectivity index (χ0n) is 14.5. The predicted octanol–water partition coefficient (Wildman–Crippen LogP) is 2.90. The van der Waals surface area contributed by atoms with Gasteiger partial charge < -0.3 is 15.5 Å². The van der Waals surface area contributed by atoms with E-state index in [-0.39, 0.29) is 5.91 Å². The van der Waals surface area contributed by atoms with Crippen molar-refractivity contribution in [3.05, 3.63) is 24.0 Å². The summed E-state index contributed by atoms with van der Waals surface area (Å²) in [5.41, 5.74) is 1.47. The number of hydrogen-bond donors (Lipinski definition) is 2.